The molecule has 1 fully saturated rings. The molecule has 0 radical (unpaired) electrons. The Hall–Kier alpha value is -4.60. The van der Waals surface area contributed by atoms with Crippen LogP contribution < -0.4 is 5.32 Å². The van der Waals surface area contributed by atoms with Gasteiger partial charge in [-0.1, -0.05) is 18.6 Å². The smallest absolute Gasteiger partial charge is 0.125 e. The maximum absolute atomic E-state index is 14.7. The normalized spacial score (nSPS) is 14.2. The van der Waals surface area contributed by atoms with Crippen LogP contribution in [0.2, 0.25) is 0 Å². The van der Waals surface area contributed by atoms with Crippen molar-refractivity contribution in [1.29, 1.82) is 0 Å². The van der Waals surface area contributed by atoms with E-state index in [0.29, 0.717) is 0 Å². The number of nitrogens with one attached hydrogen (secondary N) is 3. The van der Waals surface area contributed by atoms with Crippen LogP contribution in [0.1, 0.15) is 24.8 Å². The van der Waals surface area contributed by atoms with Gasteiger partial charge in [-0.15, -0.1) is 0 Å². The highest BCUT2D eigenvalue weighted by Gasteiger charge is 2.16. The van der Waals surface area contributed by atoms with Crippen molar-refractivity contribution in [3.8, 4) is 33.8 Å². The molecule has 0 bridgehead atoms. The van der Waals surface area contributed by atoms with Crippen molar-refractivity contribution in [2.24, 2.45) is 0 Å². The van der Waals surface area contributed by atoms with Gasteiger partial charge in [-0.3, -0.25) is 20.0 Å². The van der Waals surface area contributed by atoms with E-state index in [-0.39, 0.29) is 5.82 Å². The summed E-state index contributed by atoms with van der Waals surface area (Å²) in [6.07, 6.45) is 9.53. The van der Waals surface area contributed by atoms with Crippen molar-refractivity contribution in [2.45, 2.75) is 25.8 Å². The third-order valence-electron chi connectivity index (χ3n) is 8.41. The first-order valence-electron chi connectivity index (χ1n) is 15.3. The van der Waals surface area contributed by atoms with Gasteiger partial charge in [-0.25, -0.2) is 4.39 Å². The summed E-state index contributed by atoms with van der Waals surface area (Å²) in [7, 11) is 4.05. The summed E-state index contributed by atoms with van der Waals surface area (Å²) in [5, 5.41) is 13.2. The van der Waals surface area contributed by atoms with Crippen molar-refractivity contribution in [3.63, 3.8) is 0 Å². The van der Waals surface area contributed by atoms with Crippen LogP contribution in [0.25, 0.3) is 55.6 Å². The van der Waals surface area contributed by atoms with Gasteiger partial charge in [0.1, 0.15) is 11.5 Å². The number of likely N-dealkylation sites (tertiary alicyclic amines) is 1. The van der Waals surface area contributed by atoms with E-state index in [4.69, 9.17) is 4.98 Å². The standard InChI is InChI=1S/C35H37FN8/c1-43(2)12-9-38-27-15-24(14-26(36)16-27)28-7-6-8-31-29(28)17-33(40-31)35-30-18-32(39-21-34(30)41-42-35)25-13-23(19-37-20-25)22-44-10-4-3-5-11-44/h6-8,13-21,38,40H,3-5,9-12,22H2,1-2H3,(H,41,42). The zero-order valence-corrected chi connectivity index (χ0v) is 25.2. The number of nitrogens with zero attached hydrogens (tertiary/aromatic N) is 5. The summed E-state index contributed by atoms with van der Waals surface area (Å²) < 4.78 is 14.7. The monoisotopic (exact) mass is 588 g/mol. The van der Waals surface area contributed by atoms with Gasteiger partial charge in [0.2, 0.25) is 0 Å². The molecule has 8 nitrogen and oxygen atoms in total. The number of fused-ring (bicyclic) bond motifs is 2. The van der Waals surface area contributed by atoms with Gasteiger partial charge in [-0.2, -0.15) is 5.10 Å². The van der Waals surface area contributed by atoms with Crippen LogP contribution in [0, 0.1) is 5.82 Å². The highest BCUT2D eigenvalue weighted by molar-refractivity contribution is 6.01. The largest absolute Gasteiger partial charge is 0.384 e. The molecule has 6 aromatic rings. The maximum atomic E-state index is 14.7. The molecule has 0 saturated carbocycles. The van der Waals surface area contributed by atoms with E-state index in [0.717, 1.165) is 94.0 Å². The number of hydrogen-bond acceptors (Lipinski definition) is 6. The molecule has 0 spiro atoms. The Bertz CT molecular complexity index is 1920. The molecule has 5 heterocycles. The molecule has 7 rings (SSSR count). The lowest BCUT2D eigenvalue weighted by Gasteiger charge is -2.26. The summed E-state index contributed by atoms with van der Waals surface area (Å²) in [6.45, 7) is 4.80. The predicted octanol–water partition coefficient (Wildman–Crippen LogP) is 6.93. The van der Waals surface area contributed by atoms with Crippen LogP contribution in [0.4, 0.5) is 10.1 Å². The summed E-state index contributed by atoms with van der Waals surface area (Å²) in [5.41, 5.74) is 9.12. The van der Waals surface area contributed by atoms with Crippen LogP contribution in [0.5, 0.6) is 0 Å². The molecule has 1 aliphatic rings. The van der Waals surface area contributed by atoms with Gasteiger partial charge in [0.15, 0.2) is 0 Å². The Morgan fingerprint density at radius 2 is 1.80 bits per heavy atom. The van der Waals surface area contributed by atoms with E-state index >= 15 is 0 Å². The van der Waals surface area contributed by atoms with Crippen LogP contribution >= 0.6 is 0 Å². The number of benzene rings is 2. The van der Waals surface area contributed by atoms with Gasteiger partial charge >= 0.3 is 0 Å². The minimum absolute atomic E-state index is 0.268. The van der Waals surface area contributed by atoms with E-state index in [1.807, 2.05) is 57.0 Å². The van der Waals surface area contributed by atoms with E-state index < -0.39 is 0 Å². The topological polar surface area (TPSA) is 88.8 Å². The average Bonchev–Trinajstić information content (AvgIpc) is 3.65. The Labute approximate surface area is 256 Å². The molecule has 0 atom stereocenters. The number of piperidine rings is 1. The van der Waals surface area contributed by atoms with E-state index in [1.165, 1.54) is 24.8 Å². The molecular formula is C35H37FN8. The summed E-state index contributed by atoms with van der Waals surface area (Å²) >= 11 is 0. The molecule has 224 valence electrons. The molecule has 2 aromatic carbocycles. The van der Waals surface area contributed by atoms with Gasteiger partial charge in [0, 0.05) is 59.6 Å². The minimum atomic E-state index is -0.268. The molecule has 4 aromatic heterocycles. The Morgan fingerprint density at radius 1 is 0.909 bits per heavy atom. The zero-order valence-electron chi connectivity index (χ0n) is 25.2. The lowest BCUT2D eigenvalue weighted by atomic mass is 10.0. The lowest BCUT2D eigenvalue weighted by molar-refractivity contribution is 0.220. The lowest BCUT2D eigenvalue weighted by Crippen LogP contribution is -2.29. The first-order chi connectivity index (χ1) is 21.5. The number of likely N-dealkylation sites (N-methyl/N-ethyl adjacent to an activating group) is 1. The van der Waals surface area contributed by atoms with Crippen molar-refractivity contribution >= 4 is 27.5 Å². The van der Waals surface area contributed by atoms with Crippen molar-refractivity contribution in [2.75, 3.05) is 45.6 Å². The van der Waals surface area contributed by atoms with E-state index in [9.17, 15) is 4.39 Å². The van der Waals surface area contributed by atoms with Gasteiger partial charge < -0.3 is 15.2 Å². The Balaban J connectivity index is 1.21. The van der Waals surface area contributed by atoms with Crippen molar-refractivity contribution in [1.82, 2.24) is 34.9 Å². The highest BCUT2D eigenvalue weighted by Crippen LogP contribution is 2.36. The number of rotatable bonds is 9. The predicted molar refractivity (Wildman–Crippen MR) is 176 cm³/mol. The molecule has 0 amide bonds. The first-order valence-corrected chi connectivity index (χ1v) is 15.3. The number of anilines is 1. The van der Waals surface area contributed by atoms with Crippen LogP contribution in [-0.4, -0.2) is 75.2 Å². The third kappa shape index (κ3) is 5.93. The Kier molecular flexibility index (Phi) is 7.80. The second kappa shape index (κ2) is 12.2. The Morgan fingerprint density at radius 3 is 2.66 bits per heavy atom. The molecular weight excluding hydrogens is 551 g/mol. The van der Waals surface area contributed by atoms with Crippen LogP contribution in [-0.2, 0) is 6.54 Å². The molecule has 3 N–H and O–H groups in total. The van der Waals surface area contributed by atoms with Gasteiger partial charge in [0.25, 0.3) is 0 Å². The fraction of sp³-hybridized carbons (Fsp3) is 0.286. The second-order valence-electron chi connectivity index (χ2n) is 12.0. The third-order valence-corrected chi connectivity index (χ3v) is 8.41. The number of pyridine rings is 2. The first kappa shape index (κ1) is 28.2. The zero-order chi connectivity index (χ0) is 30.0. The minimum Gasteiger partial charge on any atom is -0.384 e. The fourth-order valence-electron chi connectivity index (χ4n) is 6.18. The molecule has 1 saturated heterocycles. The average molecular weight is 589 g/mol. The summed E-state index contributed by atoms with van der Waals surface area (Å²) in [6, 6.07) is 17.6. The molecule has 0 aliphatic carbocycles. The molecule has 44 heavy (non-hydrogen) atoms. The quantitative estimate of drug-likeness (QED) is 0.170. The van der Waals surface area contributed by atoms with Crippen LogP contribution in [0.3, 0.4) is 0 Å². The number of hydrogen-bond donors (Lipinski definition) is 3. The number of halogens is 1. The van der Waals surface area contributed by atoms with Crippen molar-refractivity contribution < 1.29 is 4.39 Å². The van der Waals surface area contributed by atoms with Gasteiger partial charge in [-0.05, 0) is 99.2 Å². The number of aromatic nitrogens is 5. The second-order valence-corrected chi connectivity index (χ2v) is 12.0. The SMILES string of the molecule is CN(C)CCNc1cc(F)cc(-c2cccc3[nH]c(-c4n[nH]c5cnc(-c6cncc(CN7CCCCC7)c6)cc45)cc23)c1. The molecule has 1 aliphatic heterocycles. The highest BCUT2D eigenvalue weighted by atomic mass is 19.1. The fourth-order valence-corrected chi connectivity index (χ4v) is 6.18. The molecule has 0 unspecified atom stereocenters. The van der Waals surface area contributed by atoms with Gasteiger partial charge in [0.05, 0.1) is 23.1 Å². The van der Waals surface area contributed by atoms with E-state index in [2.05, 4.69) is 53.5 Å². The van der Waals surface area contributed by atoms with E-state index in [1.54, 1.807) is 12.1 Å². The molecule has 9 heteroatoms. The number of aromatic amines is 2. The van der Waals surface area contributed by atoms with Crippen LogP contribution in [0.15, 0.2) is 73.2 Å². The number of H-pyrrole nitrogens is 2. The maximum Gasteiger partial charge on any atom is 0.125 e. The van der Waals surface area contributed by atoms with Crippen molar-refractivity contribution in [3.05, 3.63) is 84.6 Å². The summed E-state index contributed by atoms with van der Waals surface area (Å²) in [5.74, 6) is -0.268. The summed E-state index contributed by atoms with van der Waals surface area (Å²) in [4.78, 5) is 17.4.